The molecule has 2 aliphatic rings. The Hall–Kier alpha value is -1.96. The van der Waals surface area contributed by atoms with E-state index in [2.05, 4.69) is 0 Å². The van der Waals surface area contributed by atoms with Gasteiger partial charge in [-0.05, 0) is 89.0 Å². The lowest BCUT2D eigenvalue weighted by atomic mass is 9.92. The zero-order chi connectivity index (χ0) is 22.6. The highest BCUT2D eigenvalue weighted by Crippen LogP contribution is 2.32. The van der Waals surface area contributed by atoms with E-state index in [0.717, 1.165) is 68.6 Å². The average Bonchev–Trinajstić information content (AvgIpc) is 2.69. The molecule has 0 N–H and O–H groups in total. The van der Waals surface area contributed by atoms with E-state index in [1.165, 1.54) is 10.6 Å². The van der Waals surface area contributed by atoms with Gasteiger partial charge in [-0.25, -0.2) is 13.2 Å². The second-order valence-corrected chi connectivity index (χ2v) is 11.5. The fourth-order valence-electron chi connectivity index (χ4n) is 4.27. The van der Waals surface area contributed by atoms with Crippen LogP contribution < -0.4 is 9.04 Å². The molecule has 1 fully saturated rings. The van der Waals surface area contributed by atoms with Gasteiger partial charge < -0.3 is 14.4 Å². The van der Waals surface area contributed by atoms with Crippen LogP contribution in [-0.4, -0.2) is 57.5 Å². The molecular weight excluding hydrogens is 416 g/mol. The Bertz CT molecular complexity index is 870. The predicted octanol–water partition coefficient (Wildman–Crippen LogP) is 4.20. The van der Waals surface area contributed by atoms with Gasteiger partial charge in [-0.3, -0.25) is 4.31 Å². The largest absolute Gasteiger partial charge is 0.494 e. The molecule has 2 aliphatic heterocycles. The van der Waals surface area contributed by atoms with Crippen molar-refractivity contribution >= 4 is 21.8 Å². The number of hydrogen-bond donors (Lipinski definition) is 0. The van der Waals surface area contributed by atoms with Crippen LogP contribution in [0.3, 0.4) is 0 Å². The van der Waals surface area contributed by atoms with Gasteiger partial charge in [-0.1, -0.05) is 0 Å². The lowest BCUT2D eigenvalue weighted by molar-refractivity contribution is 0.0179. The number of likely N-dealkylation sites (tertiary alicyclic amines) is 1. The Morgan fingerprint density at radius 3 is 2.52 bits per heavy atom. The molecule has 8 heteroatoms. The fourth-order valence-corrected chi connectivity index (χ4v) is 5.26. The summed E-state index contributed by atoms with van der Waals surface area (Å²) < 4.78 is 36.8. The fraction of sp³-hybridized carbons (Fsp3) is 0.696. The number of ether oxygens (including phenoxy) is 2. The molecule has 1 amide bonds. The summed E-state index contributed by atoms with van der Waals surface area (Å²) in [6.45, 7) is 8.36. The van der Waals surface area contributed by atoms with Crippen LogP contribution in [0.2, 0.25) is 0 Å². The number of carbonyl (C=O) groups is 1. The maximum Gasteiger partial charge on any atom is 0.410 e. The topological polar surface area (TPSA) is 76.2 Å². The third kappa shape index (κ3) is 6.76. The van der Waals surface area contributed by atoms with Gasteiger partial charge >= 0.3 is 6.09 Å². The molecule has 1 saturated heterocycles. The van der Waals surface area contributed by atoms with E-state index in [4.69, 9.17) is 9.47 Å². The second kappa shape index (κ2) is 9.67. The molecule has 1 aromatic rings. The van der Waals surface area contributed by atoms with E-state index in [9.17, 15) is 13.2 Å². The van der Waals surface area contributed by atoms with Crippen molar-refractivity contribution in [1.82, 2.24) is 4.90 Å². The normalized spacial score (nSPS) is 17.9. The van der Waals surface area contributed by atoms with Crippen molar-refractivity contribution in [2.45, 2.75) is 64.9 Å². The summed E-state index contributed by atoms with van der Waals surface area (Å²) in [7, 11) is -3.24. The highest BCUT2D eigenvalue weighted by atomic mass is 32.2. The quantitative estimate of drug-likeness (QED) is 0.605. The first-order chi connectivity index (χ1) is 14.5. The Morgan fingerprint density at radius 1 is 1.16 bits per heavy atom. The van der Waals surface area contributed by atoms with Crippen molar-refractivity contribution in [1.29, 1.82) is 0 Å². The highest BCUT2D eigenvalue weighted by Gasteiger charge is 2.27. The van der Waals surface area contributed by atoms with Gasteiger partial charge in [-0.15, -0.1) is 0 Å². The maximum atomic E-state index is 12.2. The number of nitrogens with zero attached hydrogens (tertiary/aromatic N) is 2. The predicted molar refractivity (Wildman–Crippen MR) is 122 cm³/mol. The summed E-state index contributed by atoms with van der Waals surface area (Å²) >= 11 is 0. The molecule has 31 heavy (non-hydrogen) atoms. The van der Waals surface area contributed by atoms with Gasteiger partial charge in [0.25, 0.3) is 0 Å². The van der Waals surface area contributed by atoms with E-state index in [1.807, 2.05) is 43.9 Å². The summed E-state index contributed by atoms with van der Waals surface area (Å²) in [6.07, 6.45) is 6.78. The highest BCUT2D eigenvalue weighted by molar-refractivity contribution is 7.92. The Morgan fingerprint density at radius 2 is 1.87 bits per heavy atom. The van der Waals surface area contributed by atoms with Crippen molar-refractivity contribution in [2.24, 2.45) is 5.92 Å². The molecule has 0 bridgehead atoms. The molecule has 0 aliphatic carbocycles. The van der Waals surface area contributed by atoms with Gasteiger partial charge in [0.15, 0.2) is 0 Å². The number of piperidine rings is 1. The zero-order valence-corrected chi connectivity index (χ0v) is 20.0. The first kappa shape index (κ1) is 23.7. The Labute approximate surface area is 186 Å². The molecule has 3 rings (SSSR count). The van der Waals surface area contributed by atoms with Gasteiger partial charge in [0.2, 0.25) is 10.0 Å². The Kier molecular flexibility index (Phi) is 7.39. The molecule has 2 heterocycles. The summed E-state index contributed by atoms with van der Waals surface area (Å²) in [6, 6.07) is 5.70. The van der Waals surface area contributed by atoms with Crippen molar-refractivity contribution in [2.75, 3.05) is 36.8 Å². The maximum absolute atomic E-state index is 12.2. The number of amides is 1. The molecule has 0 unspecified atom stereocenters. The Balaban J connectivity index is 1.41. The molecular formula is C23H36N2O5S. The molecule has 0 radical (unpaired) electrons. The van der Waals surface area contributed by atoms with Crippen LogP contribution in [0.5, 0.6) is 5.75 Å². The first-order valence-corrected chi connectivity index (χ1v) is 13.1. The van der Waals surface area contributed by atoms with Crippen LogP contribution in [-0.2, 0) is 21.2 Å². The summed E-state index contributed by atoms with van der Waals surface area (Å²) in [5, 5.41) is 0. The number of aryl methyl sites for hydroxylation is 1. The van der Waals surface area contributed by atoms with Crippen LogP contribution in [0.25, 0.3) is 0 Å². The molecule has 7 nitrogen and oxygen atoms in total. The lowest BCUT2D eigenvalue weighted by Gasteiger charge is -2.33. The van der Waals surface area contributed by atoms with Crippen molar-refractivity contribution in [3.63, 3.8) is 0 Å². The van der Waals surface area contributed by atoms with E-state index >= 15 is 0 Å². The van der Waals surface area contributed by atoms with Gasteiger partial charge in [0.05, 0.1) is 18.6 Å². The minimum absolute atomic E-state index is 0.212. The van der Waals surface area contributed by atoms with E-state index in [0.29, 0.717) is 19.1 Å². The first-order valence-electron chi connectivity index (χ1n) is 11.2. The third-order valence-corrected chi connectivity index (χ3v) is 7.00. The van der Waals surface area contributed by atoms with Crippen LogP contribution >= 0.6 is 0 Å². The number of rotatable bonds is 6. The average molecular weight is 453 g/mol. The SMILES string of the molecule is CC(C)(C)OC(=O)N1CCC(CCCOc2ccc3c(c2)CCCN3S(C)(=O)=O)CC1. The monoisotopic (exact) mass is 452 g/mol. The number of fused-ring (bicyclic) bond motifs is 1. The van der Waals surface area contributed by atoms with Crippen LogP contribution in [0, 0.1) is 5.92 Å². The number of hydrogen-bond acceptors (Lipinski definition) is 5. The standard InChI is InChI=1S/C23H36N2O5S/c1-23(2,3)30-22(26)24-14-11-18(12-15-24)7-6-16-29-20-9-10-21-19(17-20)8-5-13-25(21)31(4,27)28/h9-10,17-18H,5-8,11-16H2,1-4H3. The van der Waals surface area contributed by atoms with Crippen molar-refractivity contribution in [3.05, 3.63) is 23.8 Å². The smallest absolute Gasteiger partial charge is 0.410 e. The van der Waals surface area contributed by atoms with Gasteiger partial charge in [0, 0.05) is 19.6 Å². The molecule has 0 aromatic heterocycles. The summed E-state index contributed by atoms with van der Waals surface area (Å²) in [5.74, 6) is 1.41. The third-order valence-electron chi connectivity index (χ3n) is 5.82. The van der Waals surface area contributed by atoms with E-state index < -0.39 is 15.6 Å². The number of benzene rings is 1. The van der Waals surface area contributed by atoms with Crippen LogP contribution in [0.15, 0.2) is 18.2 Å². The molecule has 1 aromatic carbocycles. The van der Waals surface area contributed by atoms with E-state index in [1.54, 1.807) is 0 Å². The minimum atomic E-state index is -3.24. The van der Waals surface area contributed by atoms with Crippen LogP contribution in [0.4, 0.5) is 10.5 Å². The number of anilines is 1. The summed E-state index contributed by atoms with van der Waals surface area (Å²) in [5.41, 5.74) is 1.35. The summed E-state index contributed by atoms with van der Waals surface area (Å²) in [4.78, 5) is 14.0. The number of sulfonamides is 1. The van der Waals surface area contributed by atoms with Gasteiger partial charge in [-0.2, -0.15) is 0 Å². The lowest BCUT2D eigenvalue weighted by Crippen LogP contribution is -2.41. The van der Waals surface area contributed by atoms with E-state index in [-0.39, 0.29) is 6.09 Å². The van der Waals surface area contributed by atoms with Gasteiger partial charge in [0.1, 0.15) is 11.4 Å². The molecule has 0 spiro atoms. The van der Waals surface area contributed by atoms with Crippen LogP contribution in [0.1, 0.15) is 58.4 Å². The molecule has 174 valence electrons. The molecule has 0 atom stereocenters. The minimum Gasteiger partial charge on any atom is -0.494 e. The zero-order valence-electron chi connectivity index (χ0n) is 19.2. The second-order valence-electron chi connectivity index (χ2n) is 9.63. The molecule has 0 saturated carbocycles. The number of carbonyl (C=O) groups excluding carboxylic acids is 1. The van der Waals surface area contributed by atoms with Crippen molar-refractivity contribution < 1.29 is 22.7 Å². The van der Waals surface area contributed by atoms with Crippen molar-refractivity contribution in [3.8, 4) is 5.75 Å².